The second-order valence-electron chi connectivity index (χ2n) is 5.35. The first-order valence-corrected chi connectivity index (χ1v) is 7.00. The highest BCUT2D eigenvalue weighted by molar-refractivity contribution is 5.98. The molecule has 0 aliphatic carbocycles. The lowest BCUT2D eigenvalue weighted by Crippen LogP contribution is -2.25. The van der Waals surface area contributed by atoms with Crippen molar-refractivity contribution in [1.82, 2.24) is 4.98 Å². The van der Waals surface area contributed by atoms with Crippen molar-refractivity contribution in [2.45, 2.75) is 12.3 Å². The van der Waals surface area contributed by atoms with Crippen molar-refractivity contribution < 1.29 is 4.79 Å². The van der Waals surface area contributed by atoms with E-state index in [4.69, 9.17) is 11.5 Å². The minimum atomic E-state index is -0.493. The number of hydrogen-bond donors (Lipinski definition) is 2. The van der Waals surface area contributed by atoms with Crippen molar-refractivity contribution in [2.75, 3.05) is 23.7 Å². The molecule has 3 rings (SSSR count). The van der Waals surface area contributed by atoms with Gasteiger partial charge in [-0.3, -0.25) is 4.79 Å². The van der Waals surface area contributed by atoms with Crippen molar-refractivity contribution in [3.8, 4) is 0 Å². The van der Waals surface area contributed by atoms with Crippen LogP contribution in [0.2, 0.25) is 0 Å². The molecule has 0 bridgehead atoms. The van der Waals surface area contributed by atoms with Gasteiger partial charge in [-0.05, 0) is 18.1 Å². The van der Waals surface area contributed by atoms with Crippen LogP contribution in [0.15, 0.2) is 42.6 Å². The second kappa shape index (κ2) is 5.44. The molecule has 1 fully saturated rings. The van der Waals surface area contributed by atoms with Crippen molar-refractivity contribution in [3.05, 3.63) is 53.7 Å². The van der Waals surface area contributed by atoms with E-state index >= 15 is 0 Å². The number of amides is 1. The summed E-state index contributed by atoms with van der Waals surface area (Å²) in [5.41, 5.74) is 13.3. The van der Waals surface area contributed by atoms with Gasteiger partial charge in [0.2, 0.25) is 0 Å². The van der Waals surface area contributed by atoms with Crippen LogP contribution < -0.4 is 16.4 Å². The fourth-order valence-corrected chi connectivity index (χ4v) is 2.86. The summed E-state index contributed by atoms with van der Waals surface area (Å²) in [6.07, 6.45) is 2.60. The molecule has 5 nitrogen and oxygen atoms in total. The van der Waals surface area contributed by atoms with Crippen LogP contribution in [0.4, 0.5) is 11.5 Å². The van der Waals surface area contributed by atoms with Crippen molar-refractivity contribution in [3.63, 3.8) is 0 Å². The third-order valence-corrected chi connectivity index (χ3v) is 3.91. The van der Waals surface area contributed by atoms with E-state index < -0.39 is 5.91 Å². The molecule has 0 radical (unpaired) electrons. The molecule has 2 aromatic rings. The topological polar surface area (TPSA) is 85.2 Å². The Kier molecular flexibility index (Phi) is 3.48. The smallest absolute Gasteiger partial charge is 0.252 e. The highest BCUT2D eigenvalue weighted by Crippen LogP contribution is 2.31. The molecule has 1 aliphatic rings. The predicted molar refractivity (Wildman–Crippen MR) is 83.2 cm³/mol. The molecule has 1 aromatic carbocycles. The third-order valence-electron chi connectivity index (χ3n) is 3.91. The van der Waals surface area contributed by atoms with Crippen molar-refractivity contribution >= 4 is 17.4 Å². The van der Waals surface area contributed by atoms with E-state index in [1.165, 1.54) is 5.56 Å². The molecule has 2 heterocycles. The van der Waals surface area contributed by atoms with Crippen molar-refractivity contribution in [1.29, 1.82) is 0 Å². The number of primary amides is 1. The summed E-state index contributed by atoms with van der Waals surface area (Å²) in [7, 11) is 0. The van der Waals surface area contributed by atoms with Gasteiger partial charge in [0.1, 0.15) is 5.82 Å². The lowest BCUT2D eigenvalue weighted by atomic mass is 9.99. The van der Waals surface area contributed by atoms with E-state index in [0.29, 0.717) is 23.0 Å². The van der Waals surface area contributed by atoms with Gasteiger partial charge in [0, 0.05) is 19.0 Å². The van der Waals surface area contributed by atoms with Gasteiger partial charge in [0.25, 0.3) is 5.91 Å². The molecular formula is C16H18N4O. The van der Waals surface area contributed by atoms with Gasteiger partial charge in [-0.1, -0.05) is 30.3 Å². The zero-order valence-electron chi connectivity index (χ0n) is 11.7. The Hall–Kier alpha value is -2.56. The Morgan fingerprint density at radius 3 is 2.76 bits per heavy atom. The molecule has 0 saturated carbocycles. The van der Waals surface area contributed by atoms with Crippen molar-refractivity contribution in [2.24, 2.45) is 5.73 Å². The molecule has 1 amide bonds. The fourth-order valence-electron chi connectivity index (χ4n) is 2.86. The summed E-state index contributed by atoms with van der Waals surface area (Å²) < 4.78 is 0. The Morgan fingerprint density at radius 1 is 1.29 bits per heavy atom. The van der Waals surface area contributed by atoms with Gasteiger partial charge in [-0.15, -0.1) is 0 Å². The maximum atomic E-state index is 11.6. The molecule has 108 valence electrons. The highest BCUT2D eigenvalue weighted by atomic mass is 16.1. The number of anilines is 2. The molecule has 0 spiro atoms. The fraction of sp³-hybridized carbons (Fsp3) is 0.250. The van der Waals surface area contributed by atoms with Gasteiger partial charge in [-0.2, -0.15) is 0 Å². The Morgan fingerprint density at radius 2 is 2.05 bits per heavy atom. The lowest BCUT2D eigenvalue weighted by molar-refractivity contribution is 0.100. The van der Waals surface area contributed by atoms with E-state index in [1.54, 1.807) is 12.3 Å². The average molecular weight is 282 g/mol. The molecule has 4 N–H and O–H groups in total. The molecule has 21 heavy (non-hydrogen) atoms. The number of rotatable bonds is 3. The molecule has 1 aromatic heterocycles. The molecule has 1 aliphatic heterocycles. The van der Waals surface area contributed by atoms with Crippen LogP contribution in [0.5, 0.6) is 0 Å². The minimum Gasteiger partial charge on any atom is -0.397 e. The number of aromatic nitrogens is 1. The summed E-state index contributed by atoms with van der Waals surface area (Å²) in [6, 6.07) is 12.0. The third kappa shape index (κ3) is 2.67. The Labute approximate surface area is 123 Å². The SMILES string of the molecule is NC(=O)c1cc(N)cnc1N1CCC(c2ccccc2)C1. The van der Waals surface area contributed by atoms with Crippen LogP contribution in [0.1, 0.15) is 28.3 Å². The number of carbonyl (C=O) groups is 1. The van der Waals surface area contributed by atoms with Gasteiger partial charge < -0.3 is 16.4 Å². The Balaban J connectivity index is 1.85. The number of nitrogens with two attached hydrogens (primary N) is 2. The number of pyridine rings is 1. The van der Waals surface area contributed by atoms with Crippen LogP contribution in [-0.4, -0.2) is 24.0 Å². The van der Waals surface area contributed by atoms with Crippen LogP contribution in [0.25, 0.3) is 0 Å². The second-order valence-corrected chi connectivity index (χ2v) is 5.35. The van der Waals surface area contributed by atoms with Crippen LogP contribution in [-0.2, 0) is 0 Å². The van der Waals surface area contributed by atoms with Gasteiger partial charge >= 0.3 is 0 Å². The summed E-state index contributed by atoms with van der Waals surface area (Å²) in [5.74, 6) is 0.592. The molecule has 1 unspecified atom stereocenters. The molecular weight excluding hydrogens is 264 g/mol. The summed E-state index contributed by atoms with van der Waals surface area (Å²) in [6.45, 7) is 1.69. The number of hydrogen-bond acceptors (Lipinski definition) is 4. The average Bonchev–Trinajstić information content (AvgIpc) is 2.97. The lowest BCUT2D eigenvalue weighted by Gasteiger charge is -2.20. The van der Waals surface area contributed by atoms with E-state index in [-0.39, 0.29) is 0 Å². The van der Waals surface area contributed by atoms with E-state index in [1.807, 2.05) is 18.2 Å². The number of nitrogens with zero attached hydrogens (tertiary/aromatic N) is 2. The molecule has 1 atom stereocenters. The molecule has 5 heteroatoms. The molecule has 1 saturated heterocycles. The first-order valence-electron chi connectivity index (χ1n) is 7.00. The zero-order valence-corrected chi connectivity index (χ0v) is 11.7. The number of carbonyl (C=O) groups excluding carboxylic acids is 1. The maximum absolute atomic E-state index is 11.6. The Bertz CT molecular complexity index is 657. The standard InChI is InChI=1S/C16H18N4O/c17-13-8-14(15(18)21)16(19-9-13)20-7-6-12(10-20)11-4-2-1-3-5-11/h1-5,8-9,12H,6-7,10,17H2,(H2,18,21). The monoisotopic (exact) mass is 282 g/mol. The van der Waals surface area contributed by atoms with E-state index in [9.17, 15) is 4.79 Å². The quantitative estimate of drug-likeness (QED) is 0.898. The minimum absolute atomic E-state index is 0.392. The van der Waals surface area contributed by atoms with Crippen LogP contribution >= 0.6 is 0 Å². The first-order chi connectivity index (χ1) is 10.1. The van der Waals surface area contributed by atoms with Crippen LogP contribution in [0.3, 0.4) is 0 Å². The van der Waals surface area contributed by atoms with Gasteiger partial charge in [0.05, 0.1) is 17.4 Å². The summed E-state index contributed by atoms with van der Waals surface area (Å²) in [5, 5.41) is 0. The largest absolute Gasteiger partial charge is 0.397 e. The van der Waals surface area contributed by atoms with E-state index in [2.05, 4.69) is 22.0 Å². The van der Waals surface area contributed by atoms with E-state index in [0.717, 1.165) is 19.5 Å². The number of nitrogen functional groups attached to an aromatic ring is 1. The summed E-state index contributed by atoms with van der Waals surface area (Å²) in [4.78, 5) is 18.0. The zero-order chi connectivity index (χ0) is 14.8. The first kappa shape index (κ1) is 13.4. The summed E-state index contributed by atoms with van der Waals surface area (Å²) >= 11 is 0. The normalized spacial score (nSPS) is 17.9. The van der Waals surface area contributed by atoms with Gasteiger partial charge in [0.15, 0.2) is 0 Å². The van der Waals surface area contributed by atoms with Gasteiger partial charge in [-0.25, -0.2) is 4.98 Å². The highest BCUT2D eigenvalue weighted by Gasteiger charge is 2.27. The predicted octanol–water partition coefficient (Wildman–Crippen LogP) is 1.76. The number of benzene rings is 1. The van der Waals surface area contributed by atoms with Crippen LogP contribution in [0, 0.1) is 0 Å². The maximum Gasteiger partial charge on any atom is 0.252 e.